The Hall–Kier alpha value is -2.14. The number of hydrogen-bond acceptors (Lipinski definition) is 4. The van der Waals surface area contributed by atoms with Gasteiger partial charge in [-0.05, 0) is 19.8 Å². The van der Waals surface area contributed by atoms with Gasteiger partial charge in [0.1, 0.15) is 0 Å². The Morgan fingerprint density at radius 3 is 2.78 bits per heavy atom. The van der Waals surface area contributed by atoms with E-state index in [1.807, 2.05) is 38.1 Å². The predicted octanol–water partition coefficient (Wildman–Crippen LogP) is 2.86. The van der Waals surface area contributed by atoms with Gasteiger partial charge in [-0.3, -0.25) is 4.79 Å². The molecule has 0 spiro atoms. The molecule has 0 aliphatic rings. The van der Waals surface area contributed by atoms with Crippen LogP contribution in [0.1, 0.15) is 37.6 Å². The fraction of sp³-hybridized carbons (Fsp3) is 0.444. The summed E-state index contributed by atoms with van der Waals surface area (Å²) in [5.74, 6) is 1.22. The number of carbonyl (C=O) groups is 1. The number of rotatable bonds is 8. The lowest BCUT2D eigenvalue weighted by Crippen LogP contribution is -2.27. The number of carbonyl (C=O) groups excluding carboxylic acids is 1. The molecule has 2 aromatic rings. The summed E-state index contributed by atoms with van der Waals surface area (Å²) >= 11 is 0. The highest BCUT2D eigenvalue weighted by molar-refractivity contribution is 5.76. The molecule has 0 saturated carbocycles. The molecule has 0 radical (unpaired) electrons. The van der Waals surface area contributed by atoms with E-state index in [1.165, 1.54) is 5.56 Å². The van der Waals surface area contributed by atoms with Gasteiger partial charge in [0.2, 0.25) is 5.91 Å². The lowest BCUT2D eigenvalue weighted by molar-refractivity contribution is -0.121. The highest BCUT2D eigenvalue weighted by atomic mass is 16.4. The van der Waals surface area contributed by atoms with Crippen molar-refractivity contribution < 1.29 is 14.3 Å². The van der Waals surface area contributed by atoms with Crippen molar-refractivity contribution in [3.63, 3.8) is 0 Å². The molecule has 1 aromatic heterocycles. The number of benzene rings is 1. The molecule has 1 heterocycles. The summed E-state index contributed by atoms with van der Waals surface area (Å²) in [5.41, 5.74) is 2.17. The zero-order chi connectivity index (χ0) is 16.7. The maximum Gasteiger partial charge on any atom is 0.220 e. The van der Waals surface area contributed by atoms with E-state index in [9.17, 15) is 9.90 Å². The van der Waals surface area contributed by atoms with Crippen LogP contribution in [0.4, 0.5) is 0 Å². The molecule has 1 amide bonds. The largest absolute Gasteiger partial charge is 0.441 e. The standard InChI is InChI=1S/C18H24N2O3/c1-3-15(21)10-11-19-17(22)8-9-18-20-12-16(23-18)14-6-4-13(2)5-7-14/h4-7,12,15,21H,3,8-11H2,1-2H3,(H,19,22). The molecular formula is C18H24N2O3. The number of aromatic nitrogens is 1. The quantitative estimate of drug-likeness (QED) is 0.785. The summed E-state index contributed by atoms with van der Waals surface area (Å²) in [6.07, 6.45) is 3.42. The van der Waals surface area contributed by atoms with Gasteiger partial charge in [0.05, 0.1) is 12.3 Å². The molecule has 0 aliphatic heterocycles. The fourth-order valence-electron chi connectivity index (χ4n) is 2.17. The first kappa shape index (κ1) is 17.2. The first-order chi connectivity index (χ1) is 11.1. The average Bonchev–Trinajstić information content (AvgIpc) is 3.02. The second-order valence-corrected chi connectivity index (χ2v) is 5.68. The van der Waals surface area contributed by atoms with Crippen molar-refractivity contribution in [2.75, 3.05) is 6.54 Å². The summed E-state index contributed by atoms with van der Waals surface area (Å²) in [6.45, 7) is 4.45. The molecule has 2 N–H and O–H groups in total. The Morgan fingerprint density at radius 2 is 2.09 bits per heavy atom. The molecule has 0 aliphatic carbocycles. The second-order valence-electron chi connectivity index (χ2n) is 5.68. The third kappa shape index (κ3) is 5.53. The minimum absolute atomic E-state index is 0.0524. The number of amides is 1. The first-order valence-electron chi connectivity index (χ1n) is 8.05. The molecular weight excluding hydrogens is 292 g/mol. The summed E-state index contributed by atoms with van der Waals surface area (Å²) in [4.78, 5) is 16.0. The number of aliphatic hydroxyl groups is 1. The van der Waals surface area contributed by atoms with Gasteiger partial charge in [-0.2, -0.15) is 0 Å². The number of nitrogens with one attached hydrogen (secondary N) is 1. The normalized spacial score (nSPS) is 12.1. The maximum atomic E-state index is 11.7. The average molecular weight is 316 g/mol. The van der Waals surface area contributed by atoms with Crippen molar-refractivity contribution in [1.82, 2.24) is 10.3 Å². The van der Waals surface area contributed by atoms with Gasteiger partial charge >= 0.3 is 0 Å². The SMILES string of the molecule is CCC(O)CCNC(=O)CCc1ncc(-c2ccc(C)cc2)o1. The molecule has 5 heteroatoms. The molecule has 0 bridgehead atoms. The summed E-state index contributed by atoms with van der Waals surface area (Å²) in [6, 6.07) is 8.03. The Kier molecular flexibility index (Phi) is 6.35. The van der Waals surface area contributed by atoms with Gasteiger partial charge in [-0.15, -0.1) is 0 Å². The zero-order valence-electron chi connectivity index (χ0n) is 13.7. The van der Waals surface area contributed by atoms with Gasteiger partial charge in [-0.25, -0.2) is 4.98 Å². The van der Waals surface area contributed by atoms with Crippen LogP contribution < -0.4 is 5.32 Å². The van der Waals surface area contributed by atoms with Crippen molar-refractivity contribution in [3.05, 3.63) is 41.9 Å². The van der Waals surface area contributed by atoms with Crippen molar-refractivity contribution in [1.29, 1.82) is 0 Å². The van der Waals surface area contributed by atoms with E-state index in [0.717, 1.165) is 5.56 Å². The summed E-state index contributed by atoms with van der Waals surface area (Å²) < 4.78 is 5.69. The van der Waals surface area contributed by atoms with Gasteiger partial charge < -0.3 is 14.8 Å². The Labute approximate surface area is 136 Å². The molecule has 0 fully saturated rings. The Balaban J connectivity index is 1.78. The fourth-order valence-corrected chi connectivity index (χ4v) is 2.17. The Morgan fingerprint density at radius 1 is 1.35 bits per heavy atom. The summed E-state index contributed by atoms with van der Waals surface area (Å²) in [5, 5.41) is 12.2. The van der Waals surface area contributed by atoms with Crippen LogP contribution in [0.5, 0.6) is 0 Å². The first-order valence-corrected chi connectivity index (χ1v) is 8.05. The number of aliphatic hydroxyl groups excluding tert-OH is 1. The molecule has 5 nitrogen and oxygen atoms in total. The van der Waals surface area contributed by atoms with Crippen LogP contribution in [0.3, 0.4) is 0 Å². The van der Waals surface area contributed by atoms with Crippen molar-refractivity contribution in [2.24, 2.45) is 0 Å². The van der Waals surface area contributed by atoms with Crippen LogP contribution in [0.25, 0.3) is 11.3 Å². The van der Waals surface area contributed by atoms with E-state index >= 15 is 0 Å². The third-order valence-electron chi connectivity index (χ3n) is 3.73. The van der Waals surface area contributed by atoms with Crippen molar-refractivity contribution >= 4 is 5.91 Å². The highest BCUT2D eigenvalue weighted by Crippen LogP contribution is 2.21. The summed E-state index contributed by atoms with van der Waals surface area (Å²) in [7, 11) is 0. The third-order valence-corrected chi connectivity index (χ3v) is 3.73. The van der Waals surface area contributed by atoms with Crippen LogP contribution in [0.2, 0.25) is 0 Å². The molecule has 1 unspecified atom stereocenters. The lowest BCUT2D eigenvalue weighted by Gasteiger charge is -2.08. The minimum atomic E-state index is -0.348. The predicted molar refractivity (Wildman–Crippen MR) is 88.9 cm³/mol. The van der Waals surface area contributed by atoms with Crippen LogP contribution in [-0.2, 0) is 11.2 Å². The van der Waals surface area contributed by atoms with E-state index in [2.05, 4.69) is 10.3 Å². The molecule has 124 valence electrons. The lowest BCUT2D eigenvalue weighted by atomic mass is 10.1. The second kappa shape index (κ2) is 8.48. The van der Waals surface area contributed by atoms with Crippen LogP contribution in [0.15, 0.2) is 34.9 Å². The minimum Gasteiger partial charge on any atom is -0.441 e. The maximum absolute atomic E-state index is 11.7. The number of nitrogens with zero attached hydrogens (tertiary/aromatic N) is 1. The number of hydrogen-bond donors (Lipinski definition) is 2. The van der Waals surface area contributed by atoms with Crippen molar-refractivity contribution in [3.8, 4) is 11.3 Å². The molecule has 23 heavy (non-hydrogen) atoms. The van der Waals surface area contributed by atoms with Crippen LogP contribution >= 0.6 is 0 Å². The van der Waals surface area contributed by atoms with Crippen molar-refractivity contribution in [2.45, 2.75) is 45.6 Å². The molecule has 1 atom stereocenters. The smallest absolute Gasteiger partial charge is 0.220 e. The van der Waals surface area contributed by atoms with E-state index in [-0.39, 0.29) is 12.0 Å². The van der Waals surface area contributed by atoms with E-state index in [4.69, 9.17) is 4.42 Å². The zero-order valence-corrected chi connectivity index (χ0v) is 13.7. The monoisotopic (exact) mass is 316 g/mol. The van der Waals surface area contributed by atoms with Gasteiger partial charge in [0, 0.05) is 24.9 Å². The van der Waals surface area contributed by atoms with E-state index < -0.39 is 0 Å². The highest BCUT2D eigenvalue weighted by Gasteiger charge is 2.09. The number of oxazole rings is 1. The van der Waals surface area contributed by atoms with Gasteiger partial charge in [-0.1, -0.05) is 36.8 Å². The number of aryl methyl sites for hydroxylation is 2. The van der Waals surface area contributed by atoms with Crippen LogP contribution in [-0.4, -0.2) is 28.6 Å². The Bertz CT molecular complexity index is 619. The van der Waals surface area contributed by atoms with E-state index in [0.29, 0.717) is 43.9 Å². The molecule has 0 saturated heterocycles. The molecule has 2 rings (SSSR count). The molecule has 1 aromatic carbocycles. The topological polar surface area (TPSA) is 75.4 Å². The van der Waals surface area contributed by atoms with Gasteiger partial charge in [0.15, 0.2) is 11.7 Å². The van der Waals surface area contributed by atoms with E-state index in [1.54, 1.807) is 6.20 Å². The van der Waals surface area contributed by atoms with Crippen LogP contribution in [0, 0.1) is 6.92 Å². The van der Waals surface area contributed by atoms with Gasteiger partial charge in [0.25, 0.3) is 0 Å².